The molecule has 0 saturated carbocycles. The van der Waals surface area contributed by atoms with Gasteiger partial charge in [0.1, 0.15) is 5.82 Å². The second kappa shape index (κ2) is 4.33. The first-order chi connectivity index (χ1) is 5.15. The Morgan fingerprint density at radius 2 is 1.75 bits per heavy atom. The van der Waals surface area contributed by atoms with Crippen molar-refractivity contribution in [2.24, 2.45) is 5.73 Å². The minimum atomic E-state index is -1.20. The Kier molecular flexibility index (Phi) is 4.06. The van der Waals surface area contributed by atoms with Gasteiger partial charge >= 0.3 is 0 Å². The summed E-state index contributed by atoms with van der Waals surface area (Å²) in [6, 6.07) is 1.35. The van der Waals surface area contributed by atoms with Gasteiger partial charge < -0.3 is 5.73 Å². The fraction of sp³-hybridized carbons (Fsp3) is 0.143. The molecule has 0 atom stereocenters. The molecule has 0 heterocycles. The number of nitrogens with two attached hydrogens (primary N) is 1. The van der Waals surface area contributed by atoms with Crippen LogP contribution in [0.4, 0.5) is 13.2 Å². The summed E-state index contributed by atoms with van der Waals surface area (Å²) < 4.78 is 37.2. The van der Waals surface area contributed by atoms with Gasteiger partial charge in [-0.15, -0.1) is 12.4 Å². The maximum atomic E-state index is 12.6. The number of benzene rings is 1. The molecule has 68 valence electrons. The van der Waals surface area contributed by atoms with Crippen molar-refractivity contribution < 1.29 is 13.2 Å². The topological polar surface area (TPSA) is 26.0 Å². The molecule has 0 amide bonds. The van der Waals surface area contributed by atoms with Gasteiger partial charge in [0.2, 0.25) is 0 Å². The molecule has 1 rings (SSSR count). The molecule has 0 aliphatic heterocycles. The minimum Gasteiger partial charge on any atom is -0.326 e. The van der Waals surface area contributed by atoms with Gasteiger partial charge in [-0.05, 0) is 6.07 Å². The van der Waals surface area contributed by atoms with Gasteiger partial charge in [0.05, 0.1) is 0 Å². The molecule has 12 heavy (non-hydrogen) atoms. The summed E-state index contributed by atoms with van der Waals surface area (Å²) in [5, 5.41) is 0. The van der Waals surface area contributed by atoms with Crippen LogP contribution in [0.1, 0.15) is 5.56 Å². The van der Waals surface area contributed by atoms with Crippen molar-refractivity contribution in [3.05, 3.63) is 35.1 Å². The van der Waals surface area contributed by atoms with Crippen molar-refractivity contribution in [3.63, 3.8) is 0 Å². The Morgan fingerprint density at radius 3 is 2.25 bits per heavy atom. The highest BCUT2D eigenvalue weighted by molar-refractivity contribution is 5.85. The molecule has 2 N–H and O–H groups in total. The largest absolute Gasteiger partial charge is 0.326 e. The zero-order valence-electron chi connectivity index (χ0n) is 5.98. The van der Waals surface area contributed by atoms with E-state index in [4.69, 9.17) is 5.73 Å². The first kappa shape index (κ1) is 11.3. The van der Waals surface area contributed by atoms with Crippen LogP contribution in [0.5, 0.6) is 0 Å². The van der Waals surface area contributed by atoms with Crippen molar-refractivity contribution >= 4 is 12.4 Å². The van der Waals surface area contributed by atoms with Gasteiger partial charge in [0.15, 0.2) is 11.6 Å². The summed E-state index contributed by atoms with van der Waals surface area (Å²) in [5.74, 6) is -3.09. The van der Waals surface area contributed by atoms with Gasteiger partial charge in [-0.3, -0.25) is 0 Å². The summed E-state index contributed by atoms with van der Waals surface area (Å²) in [7, 11) is 0. The van der Waals surface area contributed by atoms with Crippen molar-refractivity contribution in [2.45, 2.75) is 6.54 Å². The predicted molar refractivity (Wildman–Crippen MR) is 41.5 cm³/mol. The molecule has 0 saturated heterocycles. The van der Waals surface area contributed by atoms with E-state index in [0.29, 0.717) is 6.07 Å². The molecular weight excluding hydrogens is 191 g/mol. The van der Waals surface area contributed by atoms with Crippen LogP contribution in [-0.2, 0) is 6.54 Å². The molecule has 0 aliphatic carbocycles. The van der Waals surface area contributed by atoms with E-state index in [2.05, 4.69) is 0 Å². The highest BCUT2D eigenvalue weighted by atomic mass is 35.5. The van der Waals surface area contributed by atoms with Gasteiger partial charge in [-0.1, -0.05) is 0 Å². The molecule has 5 heteroatoms. The van der Waals surface area contributed by atoms with Crippen molar-refractivity contribution in [1.82, 2.24) is 0 Å². The summed E-state index contributed by atoms with van der Waals surface area (Å²) in [5.41, 5.74) is 4.86. The molecular formula is C7H7ClF3N. The van der Waals surface area contributed by atoms with E-state index in [-0.39, 0.29) is 24.5 Å². The third-order valence-electron chi connectivity index (χ3n) is 1.29. The third-order valence-corrected chi connectivity index (χ3v) is 1.29. The molecule has 1 aromatic carbocycles. The standard InChI is InChI=1S/C7H6F3N.ClH/c8-5-1-4(3-11)7(10)6(9)2-5;/h1-2H,3,11H2;1H. The van der Waals surface area contributed by atoms with Crippen molar-refractivity contribution in [3.8, 4) is 0 Å². The number of hydrogen-bond donors (Lipinski definition) is 1. The Morgan fingerprint density at radius 1 is 1.17 bits per heavy atom. The normalized spacial score (nSPS) is 9.33. The van der Waals surface area contributed by atoms with Crippen LogP contribution in [0.3, 0.4) is 0 Å². The Labute approximate surface area is 73.8 Å². The fourth-order valence-electron chi connectivity index (χ4n) is 0.758. The van der Waals surface area contributed by atoms with E-state index in [9.17, 15) is 13.2 Å². The van der Waals surface area contributed by atoms with Crippen LogP contribution in [-0.4, -0.2) is 0 Å². The average Bonchev–Trinajstić information content (AvgIpc) is 1.96. The molecule has 1 nitrogen and oxygen atoms in total. The highest BCUT2D eigenvalue weighted by Crippen LogP contribution is 2.12. The minimum absolute atomic E-state index is 0. The van der Waals surface area contributed by atoms with E-state index in [0.717, 1.165) is 6.07 Å². The van der Waals surface area contributed by atoms with Crippen LogP contribution < -0.4 is 5.73 Å². The van der Waals surface area contributed by atoms with E-state index < -0.39 is 17.5 Å². The van der Waals surface area contributed by atoms with Crippen molar-refractivity contribution in [1.29, 1.82) is 0 Å². The molecule has 0 bridgehead atoms. The highest BCUT2D eigenvalue weighted by Gasteiger charge is 2.08. The van der Waals surface area contributed by atoms with E-state index in [1.165, 1.54) is 0 Å². The first-order valence-corrected chi connectivity index (χ1v) is 2.98. The molecule has 0 fully saturated rings. The second-order valence-corrected chi connectivity index (χ2v) is 2.06. The molecule has 0 spiro atoms. The summed E-state index contributed by atoms with van der Waals surface area (Å²) in [6.45, 7) is -0.208. The molecule has 0 aromatic heterocycles. The van der Waals surface area contributed by atoms with Crippen LogP contribution in [0.2, 0.25) is 0 Å². The lowest BCUT2D eigenvalue weighted by Gasteiger charge is -1.99. The molecule has 1 aromatic rings. The summed E-state index contributed by atoms with van der Waals surface area (Å²) >= 11 is 0. The van der Waals surface area contributed by atoms with Crippen molar-refractivity contribution in [2.75, 3.05) is 0 Å². The Hall–Kier alpha value is -0.740. The quantitative estimate of drug-likeness (QED) is 0.685. The van der Waals surface area contributed by atoms with E-state index >= 15 is 0 Å². The lowest BCUT2D eigenvalue weighted by molar-refractivity contribution is 0.485. The van der Waals surface area contributed by atoms with Crippen LogP contribution in [0.15, 0.2) is 12.1 Å². The number of rotatable bonds is 1. The molecule has 0 unspecified atom stereocenters. The Bertz CT molecular complexity index is 278. The monoisotopic (exact) mass is 197 g/mol. The fourth-order valence-corrected chi connectivity index (χ4v) is 0.758. The number of halogens is 4. The maximum Gasteiger partial charge on any atom is 0.163 e. The zero-order valence-corrected chi connectivity index (χ0v) is 6.80. The maximum absolute atomic E-state index is 12.6. The van der Waals surface area contributed by atoms with Crippen LogP contribution >= 0.6 is 12.4 Å². The smallest absolute Gasteiger partial charge is 0.163 e. The summed E-state index contributed by atoms with van der Waals surface area (Å²) in [4.78, 5) is 0. The molecule has 0 radical (unpaired) electrons. The van der Waals surface area contributed by atoms with Crippen LogP contribution in [0, 0.1) is 17.5 Å². The predicted octanol–water partition coefficient (Wildman–Crippen LogP) is 1.98. The second-order valence-electron chi connectivity index (χ2n) is 2.06. The first-order valence-electron chi connectivity index (χ1n) is 2.98. The van der Waals surface area contributed by atoms with Crippen LogP contribution in [0.25, 0.3) is 0 Å². The van der Waals surface area contributed by atoms with E-state index in [1.54, 1.807) is 0 Å². The number of hydrogen-bond acceptors (Lipinski definition) is 1. The third kappa shape index (κ3) is 2.12. The van der Waals surface area contributed by atoms with Gasteiger partial charge in [-0.25, -0.2) is 13.2 Å². The Balaban J connectivity index is 0.00000121. The summed E-state index contributed by atoms with van der Waals surface area (Å²) in [6.07, 6.45) is 0. The van der Waals surface area contributed by atoms with Gasteiger partial charge in [0.25, 0.3) is 0 Å². The zero-order chi connectivity index (χ0) is 8.43. The van der Waals surface area contributed by atoms with Gasteiger partial charge in [-0.2, -0.15) is 0 Å². The lowest BCUT2D eigenvalue weighted by atomic mass is 10.2. The molecule has 0 aliphatic rings. The lowest BCUT2D eigenvalue weighted by Crippen LogP contribution is -2.02. The average molecular weight is 198 g/mol. The van der Waals surface area contributed by atoms with E-state index in [1.807, 2.05) is 0 Å². The SMILES string of the molecule is Cl.NCc1cc(F)cc(F)c1F. The van der Waals surface area contributed by atoms with Gasteiger partial charge in [0, 0.05) is 18.2 Å².